The second kappa shape index (κ2) is 8.79. The van der Waals surface area contributed by atoms with Crippen LogP contribution in [0.3, 0.4) is 0 Å². The van der Waals surface area contributed by atoms with Crippen LogP contribution in [0.15, 0.2) is 54.2 Å². The molecule has 3 heterocycles. The first-order valence-electron chi connectivity index (χ1n) is 9.89. The number of amides is 2. The minimum atomic E-state index is -0.573. The Kier molecular flexibility index (Phi) is 5.94. The molecule has 4 rings (SSSR count). The number of carbonyl (C=O) groups is 2. The maximum absolute atomic E-state index is 13.9. The molecule has 2 unspecified atom stereocenters. The zero-order valence-corrected chi connectivity index (χ0v) is 17.4. The van der Waals surface area contributed by atoms with E-state index in [9.17, 15) is 14.0 Å². The van der Waals surface area contributed by atoms with Gasteiger partial charge in [0, 0.05) is 32.5 Å². The van der Waals surface area contributed by atoms with Gasteiger partial charge in [0.1, 0.15) is 17.7 Å². The molecule has 2 atom stereocenters. The van der Waals surface area contributed by atoms with Crippen molar-refractivity contribution in [3.8, 4) is 0 Å². The highest BCUT2D eigenvalue weighted by Crippen LogP contribution is 2.25. The highest BCUT2D eigenvalue weighted by molar-refractivity contribution is 7.12. The number of likely N-dealkylation sites (tertiary alicyclic amines) is 1. The smallest absolute Gasteiger partial charge is 0.263 e. The van der Waals surface area contributed by atoms with E-state index in [1.807, 2.05) is 23.1 Å². The van der Waals surface area contributed by atoms with E-state index >= 15 is 0 Å². The van der Waals surface area contributed by atoms with Gasteiger partial charge in [-0.15, -0.1) is 11.3 Å². The molecule has 2 aromatic heterocycles. The van der Waals surface area contributed by atoms with E-state index < -0.39 is 6.04 Å². The van der Waals surface area contributed by atoms with Crippen LogP contribution in [-0.4, -0.2) is 39.4 Å². The third kappa shape index (κ3) is 4.28. The zero-order chi connectivity index (χ0) is 21.1. The summed E-state index contributed by atoms with van der Waals surface area (Å²) in [6, 6.07) is 9.26. The van der Waals surface area contributed by atoms with Crippen LogP contribution in [0.25, 0.3) is 0 Å². The number of carbonyl (C=O) groups excluding carboxylic acids is 2. The summed E-state index contributed by atoms with van der Waals surface area (Å²) in [5.74, 6) is -0.258. The molecular weight excluding hydrogens is 403 g/mol. The average molecular weight is 427 g/mol. The van der Waals surface area contributed by atoms with Crippen molar-refractivity contribution in [1.29, 1.82) is 0 Å². The number of rotatable bonds is 5. The van der Waals surface area contributed by atoms with Crippen molar-refractivity contribution >= 4 is 23.2 Å². The number of aromatic nitrogens is 2. The van der Waals surface area contributed by atoms with Crippen LogP contribution in [0.1, 0.15) is 39.9 Å². The standard InChI is InChI=1S/C22H23FN4O2S/c1-26-11-9-24-20(26)19(15-5-2-7-17(23)13-15)25-21(28)16-6-3-10-27(14-16)22(29)18-8-4-12-30-18/h2,4-5,7-9,11-13,16,19H,3,6,10,14H2,1H3,(H,25,28). The van der Waals surface area contributed by atoms with Gasteiger partial charge in [-0.2, -0.15) is 0 Å². The second-order valence-electron chi connectivity index (χ2n) is 7.46. The predicted molar refractivity (Wildman–Crippen MR) is 113 cm³/mol. The van der Waals surface area contributed by atoms with E-state index in [1.165, 1.54) is 23.5 Å². The van der Waals surface area contributed by atoms with Gasteiger partial charge >= 0.3 is 0 Å². The number of aryl methyl sites for hydroxylation is 1. The summed E-state index contributed by atoms with van der Waals surface area (Å²) in [4.78, 5) is 32.6. The van der Waals surface area contributed by atoms with E-state index in [2.05, 4.69) is 10.3 Å². The molecule has 1 aliphatic heterocycles. The Morgan fingerprint density at radius 3 is 2.87 bits per heavy atom. The van der Waals surface area contributed by atoms with Crippen molar-refractivity contribution < 1.29 is 14.0 Å². The Bertz CT molecular complexity index is 1030. The largest absolute Gasteiger partial charge is 0.342 e. The second-order valence-corrected chi connectivity index (χ2v) is 8.41. The molecule has 1 aromatic carbocycles. The van der Waals surface area contributed by atoms with Gasteiger partial charge < -0.3 is 14.8 Å². The van der Waals surface area contributed by atoms with Crippen LogP contribution in [-0.2, 0) is 11.8 Å². The first kappa shape index (κ1) is 20.3. The molecule has 2 amide bonds. The molecule has 0 bridgehead atoms. The lowest BCUT2D eigenvalue weighted by molar-refractivity contribution is -0.126. The fourth-order valence-electron chi connectivity index (χ4n) is 3.83. The Morgan fingerprint density at radius 2 is 2.17 bits per heavy atom. The molecule has 1 N–H and O–H groups in total. The van der Waals surface area contributed by atoms with Gasteiger partial charge in [-0.3, -0.25) is 9.59 Å². The van der Waals surface area contributed by atoms with E-state index in [0.29, 0.717) is 35.8 Å². The number of thiophene rings is 1. The lowest BCUT2D eigenvalue weighted by Crippen LogP contribution is -2.46. The maximum atomic E-state index is 13.9. The minimum Gasteiger partial charge on any atom is -0.342 e. The number of nitrogens with one attached hydrogen (secondary N) is 1. The number of benzene rings is 1. The van der Waals surface area contributed by atoms with Crippen molar-refractivity contribution in [1.82, 2.24) is 19.8 Å². The highest BCUT2D eigenvalue weighted by Gasteiger charge is 2.31. The summed E-state index contributed by atoms with van der Waals surface area (Å²) in [7, 11) is 1.84. The zero-order valence-electron chi connectivity index (χ0n) is 16.6. The number of nitrogens with zero attached hydrogens (tertiary/aromatic N) is 3. The summed E-state index contributed by atoms with van der Waals surface area (Å²) >= 11 is 1.41. The Morgan fingerprint density at radius 1 is 1.30 bits per heavy atom. The van der Waals surface area contributed by atoms with Crippen LogP contribution < -0.4 is 5.32 Å². The molecular formula is C22H23FN4O2S. The van der Waals surface area contributed by atoms with E-state index in [0.717, 1.165) is 6.42 Å². The highest BCUT2D eigenvalue weighted by atomic mass is 32.1. The average Bonchev–Trinajstić information content (AvgIpc) is 3.43. The van der Waals surface area contributed by atoms with Crippen LogP contribution in [0.4, 0.5) is 4.39 Å². The normalized spacial score (nSPS) is 17.5. The molecule has 8 heteroatoms. The minimum absolute atomic E-state index is 0.0340. The lowest BCUT2D eigenvalue weighted by atomic mass is 9.95. The number of hydrogen-bond donors (Lipinski definition) is 1. The van der Waals surface area contributed by atoms with Crippen LogP contribution >= 0.6 is 11.3 Å². The molecule has 1 fully saturated rings. The summed E-state index contributed by atoms with van der Waals surface area (Å²) in [6.45, 7) is 1.02. The monoisotopic (exact) mass is 426 g/mol. The van der Waals surface area contributed by atoms with Gasteiger partial charge in [0.25, 0.3) is 5.91 Å². The quantitative estimate of drug-likeness (QED) is 0.680. The number of halogens is 1. The van der Waals surface area contributed by atoms with E-state index in [4.69, 9.17) is 0 Å². The van der Waals surface area contributed by atoms with Crippen LogP contribution in [0.2, 0.25) is 0 Å². The molecule has 30 heavy (non-hydrogen) atoms. The Hall–Kier alpha value is -3.00. The molecule has 0 saturated carbocycles. The van der Waals surface area contributed by atoms with Gasteiger partial charge in [-0.25, -0.2) is 9.37 Å². The van der Waals surface area contributed by atoms with Gasteiger partial charge in [0.2, 0.25) is 5.91 Å². The van der Waals surface area contributed by atoms with E-state index in [-0.39, 0.29) is 23.5 Å². The lowest BCUT2D eigenvalue weighted by Gasteiger charge is -2.32. The van der Waals surface area contributed by atoms with Crippen molar-refractivity contribution in [3.05, 3.63) is 76.3 Å². The summed E-state index contributed by atoms with van der Waals surface area (Å²) in [5.41, 5.74) is 0.625. The Labute approximate surface area is 178 Å². The van der Waals surface area contributed by atoms with Crippen molar-refractivity contribution in [3.63, 3.8) is 0 Å². The van der Waals surface area contributed by atoms with Gasteiger partial charge in [0.05, 0.1) is 10.8 Å². The fourth-order valence-corrected chi connectivity index (χ4v) is 4.52. The molecule has 1 aliphatic rings. The third-order valence-corrected chi connectivity index (χ3v) is 6.25. The van der Waals surface area contributed by atoms with Crippen LogP contribution in [0.5, 0.6) is 0 Å². The molecule has 156 valence electrons. The van der Waals surface area contributed by atoms with Gasteiger partial charge in [-0.05, 0) is 42.0 Å². The molecule has 0 radical (unpaired) electrons. The molecule has 0 spiro atoms. The molecule has 0 aliphatic carbocycles. The molecule has 3 aromatic rings. The summed E-state index contributed by atoms with van der Waals surface area (Å²) in [5, 5.41) is 4.92. The summed E-state index contributed by atoms with van der Waals surface area (Å²) in [6.07, 6.45) is 4.91. The number of piperidine rings is 1. The van der Waals surface area contributed by atoms with Gasteiger partial charge in [0.15, 0.2) is 0 Å². The molecule has 6 nitrogen and oxygen atoms in total. The van der Waals surface area contributed by atoms with Crippen molar-refractivity contribution in [2.24, 2.45) is 13.0 Å². The van der Waals surface area contributed by atoms with E-state index in [1.54, 1.807) is 35.5 Å². The third-order valence-electron chi connectivity index (χ3n) is 5.40. The maximum Gasteiger partial charge on any atom is 0.263 e. The van der Waals surface area contributed by atoms with Crippen LogP contribution in [0, 0.1) is 11.7 Å². The summed E-state index contributed by atoms with van der Waals surface area (Å²) < 4.78 is 15.7. The molecule has 1 saturated heterocycles. The SMILES string of the molecule is Cn1ccnc1C(NC(=O)C1CCCN(C(=O)c2cccs2)C1)c1cccc(F)c1. The van der Waals surface area contributed by atoms with Crippen molar-refractivity contribution in [2.75, 3.05) is 13.1 Å². The fraction of sp³-hybridized carbons (Fsp3) is 0.318. The Balaban J connectivity index is 1.52. The first-order chi connectivity index (χ1) is 14.5. The topological polar surface area (TPSA) is 67.2 Å². The first-order valence-corrected chi connectivity index (χ1v) is 10.8. The van der Waals surface area contributed by atoms with Gasteiger partial charge in [-0.1, -0.05) is 18.2 Å². The number of imidazole rings is 1. The van der Waals surface area contributed by atoms with Crippen molar-refractivity contribution in [2.45, 2.75) is 18.9 Å². The predicted octanol–water partition coefficient (Wildman–Crippen LogP) is 3.38. The number of hydrogen-bond acceptors (Lipinski definition) is 4.